The number of rotatable bonds is 8. The van der Waals surface area contributed by atoms with Gasteiger partial charge in [0.05, 0.1) is 5.56 Å². The lowest BCUT2D eigenvalue weighted by Crippen LogP contribution is -2.50. The average Bonchev–Trinajstić information content (AvgIpc) is 3.53. The molecule has 2 aromatic carbocycles. The Morgan fingerprint density at radius 2 is 1.86 bits per heavy atom. The minimum absolute atomic E-state index is 0.00153. The summed E-state index contributed by atoms with van der Waals surface area (Å²) in [5.41, 5.74) is 2.73. The fourth-order valence-corrected chi connectivity index (χ4v) is 4.95. The highest BCUT2D eigenvalue weighted by Gasteiger charge is 2.34. The summed E-state index contributed by atoms with van der Waals surface area (Å²) in [4.78, 5) is 5.41. The molecule has 6 nitrogen and oxygen atoms in total. The van der Waals surface area contributed by atoms with Gasteiger partial charge >= 0.3 is 6.18 Å². The number of likely N-dealkylation sites (tertiary alicyclic amines) is 1. The highest BCUT2D eigenvalue weighted by Crippen LogP contribution is 2.32. The third-order valence-corrected chi connectivity index (χ3v) is 6.89. The second-order valence-electron chi connectivity index (χ2n) is 9.26. The van der Waals surface area contributed by atoms with Gasteiger partial charge in [-0.05, 0) is 67.7 Å². The van der Waals surface area contributed by atoms with Crippen molar-refractivity contribution in [3.05, 3.63) is 78.0 Å². The molecule has 190 valence electrons. The molecule has 0 aliphatic carbocycles. The molecule has 3 heterocycles. The standard InChI is InChI=1S/C26H28F4N6/c27-23-15-35(11-9-25(23)32-14-19-4-1-2-6-22(19)26(28,29)30)10-3-5-18-13-31-24-8-7-20(12-21(18)24)36-16-33-34-17-36/h1-2,4,6-8,12-13,16-17,23,25,31-32H,3,5,9-11,14-15H2/t23-,25+/m1/s1. The van der Waals surface area contributed by atoms with Crippen LogP contribution in [0.1, 0.15) is 29.5 Å². The summed E-state index contributed by atoms with van der Waals surface area (Å²) in [6.07, 6.45) is 2.10. The van der Waals surface area contributed by atoms with Crippen LogP contribution in [0.5, 0.6) is 0 Å². The van der Waals surface area contributed by atoms with Crippen LogP contribution < -0.4 is 5.32 Å². The molecule has 36 heavy (non-hydrogen) atoms. The van der Waals surface area contributed by atoms with Gasteiger partial charge in [0.1, 0.15) is 18.8 Å². The van der Waals surface area contributed by atoms with Gasteiger partial charge in [-0.15, -0.1) is 10.2 Å². The number of hydrogen-bond acceptors (Lipinski definition) is 4. The van der Waals surface area contributed by atoms with E-state index in [0.717, 1.165) is 42.0 Å². The molecule has 0 radical (unpaired) electrons. The molecule has 1 saturated heterocycles. The van der Waals surface area contributed by atoms with E-state index >= 15 is 0 Å². The maximum Gasteiger partial charge on any atom is 0.416 e. The van der Waals surface area contributed by atoms with Crippen molar-refractivity contribution in [1.82, 2.24) is 30.0 Å². The van der Waals surface area contributed by atoms with Crippen molar-refractivity contribution in [1.29, 1.82) is 0 Å². The first-order chi connectivity index (χ1) is 17.4. The molecule has 0 spiro atoms. The summed E-state index contributed by atoms with van der Waals surface area (Å²) in [6, 6.07) is 11.2. The Hall–Kier alpha value is -3.24. The smallest absolute Gasteiger partial charge is 0.361 e. The van der Waals surface area contributed by atoms with Crippen LogP contribution in [-0.4, -0.2) is 56.5 Å². The maximum absolute atomic E-state index is 14.9. The lowest BCUT2D eigenvalue weighted by atomic mass is 10.0. The zero-order valence-corrected chi connectivity index (χ0v) is 19.7. The van der Waals surface area contributed by atoms with Crippen molar-refractivity contribution in [2.45, 2.75) is 44.2 Å². The third-order valence-electron chi connectivity index (χ3n) is 6.89. The van der Waals surface area contributed by atoms with Crippen LogP contribution in [0.4, 0.5) is 17.6 Å². The molecule has 2 atom stereocenters. The molecule has 1 aliphatic heterocycles. The van der Waals surface area contributed by atoms with Gasteiger partial charge in [-0.3, -0.25) is 4.57 Å². The third kappa shape index (κ3) is 5.44. The second-order valence-corrected chi connectivity index (χ2v) is 9.26. The lowest BCUT2D eigenvalue weighted by molar-refractivity contribution is -0.138. The molecule has 0 unspecified atom stereocenters. The van der Waals surface area contributed by atoms with Crippen molar-refractivity contribution in [3.63, 3.8) is 0 Å². The Kier molecular flexibility index (Phi) is 7.06. The molecule has 1 fully saturated rings. The Balaban J connectivity index is 1.12. The van der Waals surface area contributed by atoms with Gasteiger partial charge < -0.3 is 15.2 Å². The summed E-state index contributed by atoms with van der Waals surface area (Å²) < 4.78 is 56.4. The van der Waals surface area contributed by atoms with Gasteiger partial charge in [0.25, 0.3) is 0 Å². The molecule has 4 aromatic rings. The van der Waals surface area contributed by atoms with Gasteiger partial charge in [-0.25, -0.2) is 4.39 Å². The summed E-state index contributed by atoms with van der Waals surface area (Å²) in [5, 5.41) is 11.9. The van der Waals surface area contributed by atoms with E-state index in [1.54, 1.807) is 18.7 Å². The van der Waals surface area contributed by atoms with Crippen molar-refractivity contribution in [3.8, 4) is 5.69 Å². The molecule has 0 bridgehead atoms. The quantitative estimate of drug-likeness (QED) is 0.338. The average molecular weight is 501 g/mol. The molecule has 2 N–H and O–H groups in total. The van der Waals surface area contributed by atoms with E-state index in [9.17, 15) is 17.6 Å². The second kappa shape index (κ2) is 10.4. The Labute approximate surface area is 206 Å². The van der Waals surface area contributed by atoms with Crippen LogP contribution in [0.15, 0.2) is 61.3 Å². The number of fused-ring (bicyclic) bond motifs is 1. The number of aromatic nitrogens is 4. The molecule has 0 amide bonds. The lowest BCUT2D eigenvalue weighted by Gasteiger charge is -2.35. The predicted molar refractivity (Wildman–Crippen MR) is 130 cm³/mol. The van der Waals surface area contributed by atoms with E-state index in [-0.39, 0.29) is 18.7 Å². The number of aromatic amines is 1. The van der Waals surface area contributed by atoms with E-state index in [1.165, 1.54) is 17.7 Å². The number of hydrogen-bond donors (Lipinski definition) is 2. The number of benzene rings is 2. The normalized spacial score (nSPS) is 19.2. The topological polar surface area (TPSA) is 61.8 Å². The number of H-pyrrole nitrogens is 1. The zero-order valence-electron chi connectivity index (χ0n) is 19.7. The van der Waals surface area contributed by atoms with Crippen LogP contribution in [0.25, 0.3) is 16.6 Å². The number of nitrogens with zero attached hydrogens (tertiary/aromatic N) is 4. The van der Waals surface area contributed by atoms with E-state index in [1.807, 2.05) is 22.9 Å². The van der Waals surface area contributed by atoms with Crippen LogP contribution in [-0.2, 0) is 19.1 Å². The molecule has 10 heteroatoms. The zero-order chi connectivity index (χ0) is 25.1. The van der Waals surface area contributed by atoms with Gasteiger partial charge in [-0.1, -0.05) is 18.2 Å². The van der Waals surface area contributed by atoms with E-state index in [0.29, 0.717) is 13.0 Å². The predicted octanol–water partition coefficient (Wildman–Crippen LogP) is 4.90. The minimum Gasteiger partial charge on any atom is -0.361 e. The largest absolute Gasteiger partial charge is 0.416 e. The highest BCUT2D eigenvalue weighted by atomic mass is 19.4. The first-order valence-corrected chi connectivity index (χ1v) is 12.1. The Bertz CT molecular complexity index is 1280. The number of piperidine rings is 1. The number of aryl methyl sites for hydroxylation is 1. The molecular weight excluding hydrogens is 472 g/mol. The number of alkyl halides is 4. The van der Waals surface area contributed by atoms with Crippen molar-refractivity contribution in [2.24, 2.45) is 0 Å². The Morgan fingerprint density at radius 1 is 1.06 bits per heavy atom. The molecule has 5 rings (SSSR count). The molecule has 2 aromatic heterocycles. The summed E-state index contributed by atoms with van der Waals surface area (Å²) in [5.74, 6) is 0. The highest BCUT2D eigenvalue weighted by molar-refractivity contribution is 5.85. The van der Waals surface area contributed by atoms with Crippen LogP contribution in [0, 0.1) is 0 Å². The SMILES string of the molecule is F[C@@H]1CN(CCCc2c[nH]c3ccc(-n4cnnc4)cc23)CC[C@@H]1NCc1ccccc1C(F)(F)F. The Morgan fingerprint density at radius 3 is 2.64 bits per heavy atom. The van der Waals surface area contributed by atoms with Gasteiger partial charge in [-0.2, -0.15) is 13.2 Å². The molecule has 1 aliphatic rings. The van der Waals surface area contributed by atoms with Crippen molar-refractivity contribution < 1.29 is 17.6 Å². The van der Waals surface area contributed by atoms with Crippen molar-refractivity contribution >= 4 is 10.9 Å². The first-order valence-electron chi connectivity index (χ1n) is 12.1. The van der Waals surface area contributed by atoms with Crippen LogP contribution >= 0.6 is 0 Å². The molecular formula is C26H28F4N6. The fourth-order valence-electron chi connectivity index (χ4n) is 4.95. The maximum atomic E-state index is 14.9. The van der Waals surface area contributed by atoms with Gasteiger partial charge in [0, 0.05) is 41.9 Å². The molecule has 0 saturated carbocycles. The monoisotopic (exact) mass is 500 g/mol. The number of halogens is 4. The number of nitrogens with one attached hydrogen (secondary N) is 2. The van der Waals surface area contributed by atoms with Crippen LogP contribution in [0.3, 0.4) is 0 Å². The van der Waals surface area contributed by atoms with E-state index < -0.39 is 24.0 Å². The fraction of sp³-hybridized carbons (Fsp3) is 0.385. The summed E-state index contributed by atoms with van der Waals surface area (Å²) in [7, 11) is 0. The minimum atomic E-state index is -4.42. The first kappa shape index (κ1) is 24.5. The van der Waals surface area contributed by atoms with E-state index in [2.05, 4.69) is 31.5 Å². The summed E-state index contributed by atoms with van der Waals surface area (Å²) >= 11 is 0. The van der Waals surface area contributed by atoms with Gasteiger partial charge in [0.2, 0.25) is 0 Å². The van der Waals surface area contributed by atoms with Crippen molar-refractivity contribution in [2.75, 3.05) is 19.6 Å². The van der Waals surface area contributed by atoms with Gasteiger partial charge in [0.15, 0.2) is 0 Å². The van der Waals surface area contributed by atoms with Crippen LogP contribution in [0.2, 0.25) is 0 Å². The van der Waals surface area contributed by atoms with E-state index in [4.69, 9.17) is 0 Å². The summed E-state index contributed by atoms with van der Waals surface area (Å²) in [6.45, 7) is 1.76.